The molecule has 18 heavy (non-hydrogen) atoms. The molecule has 0 spiro atoms. The highest BCUT2D eigenvalue weighted by molar-refractivity contribution is 5.67. The van der Waals surface area contributed by atoms with Gasteiger partial charge in [0, 0.05) is 12.0 Å². The average Bonchev–Trinajstić information content (AvgIpc) is 2.56. The molecule has 7 heteroatoms. The van der Waals surface area contributed by atoms with Gasteiger partial charge in [0.2, 0.25) is 0 Å². The summed E-state index contributed by atoms with van der Waals surface area (Å²) in [6.07, 6.45) is -3.80. The normalized spacial score (nSPS) is 21.2. The van der Waals surface area contributed by atoms with Crippen molar-refractivity contribution in [1.29, 1.82) is 0 Å². The van der Waals surface area contributed by atoms with Crippen LogP contribution in [-0.4, -0.2) is 18.3 Å². The fourth-order valence-electron chi connectivity index (χ4n) is 2.10. The SMILES string of the molecule is NC(=O)O[C@@H]1Cc2cccc(F)c2[C@@H]1OC(N)=O. The highest BCUT2D eigenvalue weighted by Crippen LogP contribution is 2.37. The first-order chi connectivity index (χ1) is 8.49. The molecule has 0 aliphatic heterocycles. The first kappa shape index (κ1) is 12.2. The van der Waals surface area contributed by atoms with Crippen molar-refractivity contribution in [2.75, 3.05) is 0 Å². The maximum atomic E-state index is 13.7. The quantitative estimate of drug-likeness (QED) is 0.820. The average molecular weight is 254 g/mol. The summed E-state index contributed by atoms with van der Waals surface area (Å²) in [4.78, 5) is 21.6. The molecule has 0 saturated heterocycles. The predicted molar refractivity (Wildman–Crippen MR) is 58.0 cm³/mol. The molecule has 2 atom stereocenters. The van der Waals surface area contributed by atoms with Crippen LogP contribution in [0.3, 0.4) is 0 Å². The largest absolute Gasteiger partial charge is 0.442 e. The van der Waals surface area contributed by atoms with Gasteiger partial charge in [-0.1, -0.05) is 12.1 Å². The lowest BCUT2D eigenvalue weighted by Gasteiger charge is -2.19. The number of hydrogen-bond acceptors (Lipinski definition) is 4. The fourth-order valence-corrected chi connectivity index (χ4v) is 2.10. The fraction of sp³-hybridized carbons (Fsp3) is 0.273. The van der Waals surface area contributed by atoms with E-state index in [2.05, 4.69) is 0 Å². The van der Waals surface area contributed by atoms with E-state index in [0.29, 0.717) is 5.56 Å². The van der Waals surface area contributed by atoms with Crippen molar-refractivity contribution in [3.63, 3.8) is 0 Å². The summed E-state index contributed by atoms with van der Waals surface area (Å²) in [6, 6.07) is 4.39. The van der Waals surface area contributed by atoms with E-state index in [1.54, 1.807) is 6.07 Å². The maximum Gasteiger partial charge on any atom is 0.405 e. The molecule has 0 bridgehead atoms. The van der Waals surface area contributed by atoms with Crippen LogP contribution < -0.4 is 11.5 Å². The monoisotopic (exact) mass is 254 g/mol. The molecule has 1 aromatic rings. The summed E-state index contributed by atoms with van der Waals surface area (Å²) >= 11 is 0. The van der Waals surface area contributed by atoms with Gasteiger partial charge in [-0.3, -0.25) is 0 Å². The van der Waals surface area contributed by atoms with Crippen LogP contribution in [0.1, 0.15) is 17.2 Å². The number of halogens is 1. The van der Waals surface area contributed by atoms with Gasteiger partial charge in [-0.05, 0) is 11.6 Å². The molecule has 4 N–H and O–H groups in total. The van der Waals surface area contributed by atoms with Crippen LogP contribution in [0.15, 0.2) is 18.2 Å². The number of fused-ring (bicyclic) bond motifs is 1. The lowest BCUT2D eigenvalue weighted by molar-refractivity contribution is 0.00451. The molecule has 0 aromatic heterocycles. The lowest BCUT2D eigenvalue weighted by atomic mass is 10.1. The molecule has 6 nitrogen and oxygen atoms in total. The van der Waals surface area contributed by atoms with Crippen molar-refractivity contribution >= 4 is 12.2 Å². The summed E-state index contributed by atoms with van der Waals surface area (Å²) in [5.74, 6) is -0.547. The molecule has 2 rings (SSSR count). The van der Waals surface area contributed by atoms with Crippen LogP contribution in [-0.2, 0) is 15.9 Å². The van der Waals surface area contributed by atoms with Crippen molar-refractivity contribution in [2.45, 2.75) is 18.6 Å². The number of carbonyl (C=O) groups excluding carboxylic acids is 2. The zero-order valence-corrected chi connectivity index (χ0v) is 9.26. The van der Waals surface area contributed by atoms with Gasteiger partial charge in [-0.2, -0.15) is 0 Å². The van der Waals surface area contributed by atoms with Gasteiger partial charge < -0.3 is 20.9 Å². The Kier molecular flexibility index (Phi) is 3.05. The highest BCUT2D eigenvalue weighted by Gasteiger charge is 2.39. The molecule has 1 aliphatic carbocycles. The third-order valence-corrected chi connectivity index (χ3v) is 2.70. The second-order valence-electron chi connectivity index (χ2n) is 3.85. The molecule has 0 fully saturated rings. The Balaban J connectivity index is 2.35. The van der Waals surface area contributed by atoms with Gasteiger partial charge in [0.05, 0.1) is 0 Å². The van der Waals surface area contributed by atoms with Crippen LogP contribution in [0.5, 0.6) is 0 Å². The van der Waals surface area contributed by atoms with E-state index in [1.807, 2.05) is 0 Å². The maximum absolute atomic E-state index is 13.7. The van der Waals surface area contributed by atoms with Crippen LogP contribution in [0.4, 0.5) is 14.0 Å². The molecule has 0 saturated carbocycles. The van der Waals surface area contributed by atoms with Gasteiger partial charge in [-0.25, -0.2) is 14.0 Å². The van der Waals surface area contributed by atoms with Crippen LogP contribution >= 0.6 is 0 Å². The minimum atomic E-state index is -1.07. The van der Waals surface area contributed by atoms with Crippen LogP contribution in [0.2, 0.25) is 0 Å². The molecule has 1 aromatic carbocycles. The Hall–Kier alpha value is -2.31. The van der Waals surface area contributed by atoms with E-state index in [4.69, 9.17) is 20.9 Å². The number of ether oxygens (including phenoxy) is 2. The van der Waals surface area contributed by atoms with E-state index in [0.717, 1.165) is 0 Å². The first-order valence-electron chi connectivity index (χ1n) is 5.18. The van der Waals surface area contributed by atoms with E-state index < -0.39 is 30.2 Å². The molecule has 0 radical (unpaired) electrons. The molecule has 96 valence electrons. The smallest absolute Gasteiger partial charge is 0.405 e. The Labute approximate surface area is 102 Å². The number of hydrogen-bond donors (Lipinski definition) is 2. The number of benzene rings is 1. The molecule has 0 unspecified atom stereocenters. The lowest BCUT2D eigenvalue weighted by Crippen LogP contribution is -2.30. The number of amides is 2. The van der Waals surface area contributed by atoms with Crippen molar-refractivity contribution in [3.05, 3.63) is 35.1 Å². The van der Waals surface area contributed by atoms with E-state index in [9.17, 15) is 14.0 Å². The van der Waals surface area contributed by atoms with Gasteiger partial charge >= 0.3 is 12.2 Å². The van der Waals surface area contributed by atoms with Gasteiger partial charge in [0.1, 0.15) is 11.9 Å². The third kappa shape index (κ3) is 2.20. The second kappa shape index (κ2) is 4.52. The summed E-state index contributed by atoms with van der Waals surface area (Å²) < 4.78 is 23.3. The zero-order chi connectivity index (χ0) is 13.3. The van der Waals surface area contributed by atoms with E-state index in [1.165, 1.54) is 12.1 Å². The molecular formula is C11H11FN2O4. The topological polar surface area (TPSA) is 105 Å². The Morgan fingerprint density at radius 2 is 1.89 bits per heavy atom. The Morgan fingerprint density at radius 3 is 2.50 bits per heavy atom. The molecule has 0 heterocycles. The summed E-state index contributed by atoms with van der Waals surface area (Å²) in [7, 11) is 0. The van der Waals surface area contributed by atoms with Crippen molar-refractivity contribution in [1.82, 2.24) is 0 Å². The van der Waals surface area contributed by atoms with Crippen molar-refractivity contribution in [3.8, 4) is 0 Å². The van der Waals surface area contributed by atoms with E-state index in [-0.39, 0.29) is 12.0 Å². The minimum absolute atomic E-state index is 0.169. The second-order valence-corrected chi connectivity index (χ2v) is 3.85. The predicted octanol–water partition coefficient (Wildman–Crippen LogP) is 0.982. The molecule has 2 amide bonds. The molecular weight excluding hydrogens is 243 g/mol. The third-order valence-electron chi connectivity index (χ3n) is 2.70. The van der Waals surface area contributed by atoms with E-state index >= 15 is 0 Å². The number of carbonyl (C=O) groups is 2. The van der Waals surface area contributed by atoms with Gasteiger partial charge in [0.15, 0.2) is 6.10 Å². The zero-order valence-electron chi connectivity index (χ0n) is 9.26. The van der Waals surface area contributed by atoms with Crippen molar-refractivity contribution in [2.24, 2.45) is 11.5 Å². The summed E-state index contributed by atoms with van der Waals surface area (Å²) in [5.41, 5.74) is 10.6. The minimum Gasteiger partial charge on any atom is -0.442 e. The Bertz CT molecular complexity index is 506. The summed E-state index contributed by atoms with van der Waals surface area (Å²) in [5, 5.41) is 0. The Morgan fingerprint density at radius 1 is 1.22 bits per heavy atom. The van der Waals surface area contributed by atoms with Gasteiger partial charge in [0.25, 0.3) is 0 Å². The summed E-state index contributed by atoms with van der Waals surface area (Å²) in [6.45, 7) is 0. The standard InChI is InChI=1S/C11H11FN2O4/c12-6-3-1-2-5-4-7(17-10(13)15)9(8(5)6)18-11(14)16/h1-3,7,9H,4H2,(H2,13,15)(H2,14,16)/t7-,9-/m1/s1. The van der Waals surface area contributed by atoms with Gasteiger partial charge in [-0.15, -0.1) is 0 Å². The molecule has 1 aliphatic rings. The van der Waals surface area contributed by atoms with Crippen LogP contribution in [0.25, 0.3) is 0 Å². The number of nitrogens with two attached hydrogens (primary N) is 2. The van der Waals surface area contributed by atoms with Crippen molar-refractivity contribution < 1.29 is 23.5 Å². The number of primary amides is 2. The highest BCUT2D eigenvalue weighted by atomic mass is 19.1. The first-order valence-corrected chi connectivity index (χ1v) is 5.18. The van der Waals surface area contributed by atoms with Crippen LogP contribution in [0, 0.1) is 5.82 Å². The number of rotatable bonds is 2.